The molecule has 28 nitrogen and oxygen atoms in total. The molecular formula is C78H75Cl3F5N15O13. The van der Waals surface area contributed by atoms with Gasteiger partial charge < -0.3 is 51.2 Å². The van der Waals surface area contributed by atoms with Crippen molar-refractivity contribution in [2.24, 2.45) is 35.5 Å². The Kier molecular flexibility index (Phi) is 27.3. The maximum absolute atomic E-state index is 15.0. The van der Waals surface area contributed by atoms with Crippen LogP contribution in [-0.4, -0.2) is 154 Å². The van der Waals surface area contributed by atoms with Crippen LogP contribution in [0.3, 0.4) is 0 Å². The first-order chi connectivity index (χ1) is 54.0. The van der Waals surface area contributed by atoms with Gasteiger partial charge in [-0.2, -0.15) is 0 Å². The topological polar surface area (TPSA) is 342 Å². The summed E-state index contributed by atoms with van der Waals surface area (Å²) >= 11 is 17.5. The Morgan fingerprint density at radius 1 is 0.404 bits per heavy atom. The van der Waals surface area contributed by atoms with E-state index in [4.69, 9.17) is 44.3 Å². The van der Waals surface area contributed by atoms with Crippen molar-refractivity contribution in [2.75, 3.05) is 77.7 Å². The molecule has 596 valence electrons. The van der Waals surface area contributed by atoms with E-state index in [0.717, 1.165) is 18.2 Å². The molecule has 6 atom stereocenters. The van der Waals surface area contributed by atoms with Gasteiger partial charge in [0.2, 0.25) is 35.4 Å². The molecule has 0 aliphatic carbocycles. The molecule has 0 spiro atoms. The zero-order valence-electron chi connectivity index (χ0n) is 61.7. The minimum Gasteiger partial charge on any atom is -0.444 e. The predicted molar refractivity (Wildman–Crippen MR) is 415 cm³/mol. The SMILES string of the molecule is CC(C)(C)OC(=O)N1C[C@H](C(=O)Nc2ccc(Cl)cn2)[C@@H](C(=O)Nc2ccc(-n3ccccc3=O)cc2F)C1.CC(C)(C)OC(=O)N1C[C@H](C(=O)Nc2ccc(Cl)cn2)[C@@H](C(=O)Nc2ccc(-n3ccccc3=O)cc2F)C1.O=C(Nc1ccc(Cl)cn1)[C@H]1CN(CC(F)F)C[C@@H]1C(=O)Nc1ccc(-n2ccccc2=O)cc1F. The number of alkyl halides is 2. The minimum absolute atomic E-state index is 0.0831. The lowest BCUT2D eigenvalue weighted by Crippen LogP contribution is -2.36. The Labute approximate surface area is 662 Å². The number of amides is 8. The van der Waals surface area contributed by atoms with Crippen LogP contribution in [0, 0.1) is 53.0 Å². The highest BCUT2D eigenvalue weighted by Crippen LogP contribution is 2.34. The summed E-state index contributed by atoms with van der Waals surface area (Å²) in [5.41, 5.74) is -2.24. The third-order valence-electron chi connectivity index (χ3n) is 17.6. The Morgan fingerprint density at radius 3 is 0.912 bits per heavy atom. The van der Waals surface area contributed by atoms with Crippen LogP contribution < -0.4 is 48.6 Å². The van der Waals surface area contributed by atoms with E-state index in [-0.39, 0.29) is 108 Å². The molecule has 8 amide bonds. The van der Waals surface area contributed by atoms with Gasteiger partial charge in [0, 0.05) is 113 Å². The molecule has 12 rings (SSSR count). The highest BCUT2D eigenvalue weighted by molar-refractivity contribution is 6.31. The lowest BCUT2D eigenvalue weighted by atomic mass is 9.94. The molecule has 36 heteroatoms. The number of benzene rings is 3. The van der Waals surface area contributed by atoms with Crippen LogP contribution in [-0.2, 0) is 38.2 Å². The molecule has 0 unspecified atom stereocenters. The predicted octanol–water partition coefficient (Wildman–Crippen LogP) is 11.6. The Hall–Kier alpha value is -12.2. The average molecular weight is 1630 g/mol. The molecule has 3 fully saturated rings. The zero-order valence-corrected chi connectivity index (χ0v) is 63.9. The average Bonchev–Trinajstić information content (AvgIpc) is 1.48. The van der Waals surface area contributed by atoms with Crippen molar-refractivity contribution < 1.29 is 69.8 Å². The van der Waals surface area contributed by atoms with E-state index in [1.807, 2.05) is 0 Å². The van der Waals surface area contributed by atoms with Gasteiger partial charge in [0.05, 0.1) is 91.2 Å². The molecule has 0 bridgehead atoms. The molecule has 0 saturated carbocycles. The fraction of sp³-hybridized carbons (Fsp3) is 0.282. The summed E-state index contributed by atoms with van der Waals surface area (Å²) in [6.07, 6.45) is 4.51. The van der Waals surface area contributed by atoms with Gasteiger partial charge in [0.1, 0.15) is 46.1 Å². The number of hydrogen-bond acceptors (Lipinski definition) is 17. The maximum atomic E-state index is 15.0. The van der Waals surface area contributed by atoms with Crippen molar-refractivity contribution >= 4 is 117 Å². The van der Waals surface area contributed by atoms with E-state index < -0.39 is 125 Å². The molecule has 6 N–H and O–H groups in total. The number of carbonyl (C=O) groups is 8. The van der Waals surface area contributed by atoms with Gasteiger partial charge in [-0.25, -0.2) is 46.5 Å². The summed E-state index contributed by atoms with van der Waals surface area (Å²) in [6, 6.07) is 34.4. The van der Waals surface area contributed by atoms with Gasteiger partial charge in [-0.15, -0.1) is 0 Å². The van der Waals surface area contributed by atoms with E-state index in [1.165, 1.54) is 144 Å². The first-order valence-electron chi connectivity index (χ1n) is 35.1. The summed E-state index contributed by atoms with van der Waals surface area (Å²) < 4.78 is 85.3. The summed E-state index contributed by atoms with van der Waals surface area (Å²) in [7, 11) is 0. The highest BCUT2D eigenvalue weighted by atomic mass is 35.5. The minimum atomic E-state index is -2.65. The number of rotatable bonds is 17. The van der Waals surface area contributed by atoms with Crippen LogP contribution >= 0.6 is 34.8 Å². The molecule has 3 aromatic carbocycles. The number of nitrogens with one attached hydrogen (secondary N) is 6. The van der Waals surface area contributed by atoms with E-state index in [1.54, 1.807) is 90.1 Å². The largest absolute Gasteiger partial charge is 0.444 e. The summed E-state index contributed by atoms with van der Waals surface area (Å²) in [5, 5.41) is 16.4. The normalized spacial score (nSPS) is 17.3. The molecule has 3 saturated heterocycles. The van der Waals surface area contributed by atoms with Gasteiger partial charge >= 0.3 is 12.2 Å². The second kappa shape index (κ2) is 37.0. The standard InChI is InChI=1S/2C27H27ClFN5O5.C24H21ClF3N5O3/c2*1-27(2,3)39-26(38)33-14-18(19(15-33)25(37)32-22-10-7-16(28)13-30-22)24(36)31-21-9-8-17(12-20(21)29)34-11-5-4-6-23(34)35;25-14-4-7-21(29-10-14)31-24(36)17-12-32(13-20(27)28)11-16(17)23(35)30-19-6-5-15(9-18(19)26)33-8-2-1-3-22(33)34/h2*4-13,18-19H,14-15H2,1-3H3,(H,31,36)(H,30,32,37);1-10,16-17,20H,11-13H2,(H,30,35)(H,29,31,36)/t2*18-,19-;16-,17-/m000/s1. The highest BCUT2D eigenvalue weighted by Gasteiger charge is 2.47. The number of aromatic nitrogens is 6. The molecule has 9 aromatic rings. The fourth-order valence-electron chi connectivity index (χ4n) is 12.3. The third-order valence-corrected chi connectivity index (χ3v) is 18.3. The van der Waals surface area contributed by atoms with E-state index in [9.17, 15) is 74.7 Å². The van der Waals surface area contributed by atoms with Crippen LogP contribution in [0.1, 0.15) is 41.5 Å². The van der Waals surface area contributed by atoms with Crippen LogP contribution in [0.15, 0.2) is 197 Å². The lowest BCUT2D eigenvalue weighted by Gasteiger charge is -2.24. The number of nitrogens with zero attached hydrogens (tertiary/aromatic N) is 9. The summed E-state index contributed by atoms with van der Waals surface area (Å²) in [5.74, 6) is -11.4. The van der Waals surface area contributed by atoms with Crippen LogP contribution in [0.25, 0.3) is 17.1 Å². The number of anilines is 6. The molecular weight excluding hydrogens is 1560 g/mol. The zero-order chi connectivity index (χ0) is 82.5. The van der Waals surface area contributed by atoms with Gasteiger partial charge in [0.15, 0.2) is 0 Å². The Balaban J connectivity index is 0.000000181. The van der Waals surface area contributed by atoms with E-state index >= 15 is 0 Å². The second-order valence-corrected chi connectivity index (χ2v) is 29.6. The first kappa shape index (κ1) is 84.3. The van der Waals surface area contributed by atoms with Crippen LogP contribution in [0.5, 0.6) is 0 Å². The van der Waals surface area contributed by atoms with Crippen molar-refractivity contribution in [1.82, 2.24) is 43.4 Å². The van der Waals surface area contributed by atoms with Crippen molar-refractivity contribution in [3.63, 3.8) is 0 Å². The molecule has 3 aliphatic rings. The number of carbonyl (C=O) groups excluding carboxylic acids is 8. The Bertz CT molecular complexity index is 5030. The number of ether oxygens (including phenoxy) is 2. The summed E-state index contributed by atoms with van der Waals surface area (Å²) in [4.78, 5) is 156. The molecule has 9 heterocycles. The number of hydrogen-bond donors (Lipinski definition) is 6. The smallest absolute Gasteiger partial charge is 0.410 e. The molecule has 0 radical (unpaired) electrons. The Morgan fingerprint density at radius 2 is 0.675 bits per heavy atom. The van der Waals surface area contributed by atoms with Gasteiger partial charge in [0.25, 0.3) is 23.1 Å². The third kappa shape index (κ3) is 22.6. The molecule has 3 aliphatic heterocycles. The monoisotopic (exact) mass is 1630 g/mol. The maximum Gasteiger partial charge on any atom is 0.410 e. The van der Waals surface area contributed by atoms with E-state index in [0.29, 0.717) is 15.1 Å². The van der Waals surface area contributed by atoms with Gasteiger partial charge in [-0.1, -0.05) is 53.0 Å². The molecule has 6 aromatic heterocycles. The van der Waals surface area contributed by atoms with Crippen LogP contribution in [0.2, 0.25) is 15.1 Å². The number of pyridine rings is 6. The second-order valence-electron chi connectivity index (χ2n) is 28.3. The van der Waals surface area contributed by atoms with Crippen molar-refractivity contribution in [2.45, 2.75) is 59.2 Å². The van der Waals surface area contributed by atoms with Crippen LogP contribution in [0.4, 0.5) is 66.1 Å². The first-order valence-corrected chi connectivity index (χ1v) is 36.3. The van der Waals surface area contributed by atoms with Gasteiger partial charge in [-0.05, 0) is 133 Å². The van der Waals surface area contributed by atoms with Crippen molar-refractivity contribution in [3.8, 4) is 17.1 Å². The fourth-order valence-corrected chi connectivity index (χ4v) is 12.6. The van der Waals surface area contributed by atoms with E-state index in [2.05, 4.69) is 46.9 Å². The summed E-state index contributed by atoms with van der Waals surface area (Å²) in [6.45, 7) is 9.01. The van der Waals surface area contributed by atoms with Gasteiger partial charge in [-0.3, -0.25) is 61.8 Å². The van der Waals surface area contributed by atoms with Crippen molar-refractivity contribution in [3.05, 3.63) is 246 Å². The quantitative estimate of drug-likeness (QED) is 0.0461. The lowest BCUT2D eigenvalue weighted by molar-refractivity contribution is -0.127. The number of likely N-dealkylation sites (tertiary alicyclic amines) is 3. The number of halogens is 8. The van der Waals surface area contributed by atoms with Crippen molar-refractivity contribution in [1.29, 1.82) is 0 Å². The molecule has 114 heavy (non-hydrogen) atoms.